The highest BCUT2D eigenvalue weighted by Crippen LogP contribution is 2.55. The number of ether oxygens (including phenoxy) is 2. The smallest absolute Gasteiger partial charge is 0.416 e. The van der Waals surface area contributed by atoms with Crippen molar-refractivity contribution in [1.82, 2.24) is 0 Å². The maximum atomic E-state index is 13.9. The van der Waals surface area contributed by atoms with E-state index >= 15 is 0 Å². The van der Waals surface area contributed by atoms with Crippen LogP contribution >= 0.6 is 50.7 Å². The molecule has 0 saturated carbocycles. The summed E-state index contributed by atoms with van der Waals surface area (Å²) in [6.45, 7) is 0.184. The van der Waals surface area contributed by atoms with Crippen molar-refractivity contribution >= 4 is 56.4 Å². The molecule has 5 rings (SSSR count). The van der Waals surface area contributed by atoms with Crippen molar-refractivity contribution < 1.29 is 22.6 Å². The van der Waals surface area contributed by atoms with Gasteiger partial charge in [-0.1, -0.05) is 53.0 Å². The zero-order chi connectivity index (χ0) is 26.5. The van der Waals surface area contributed by atoms with Gasteiger partial charge < -0.3 is 14.8 Å². The molecule has 1 aliphatic carbocycles. The SMILES string of the molecule is COc1cc([C@H]2Nc3c(Cl)ccc(C(F)(F)F)c3C3C=CCC32)cc(Br)c1OCc1ccc(Cl)cc1Cl. The lowest BCUT2D eigenvalue weighted by atomic mass is 9.75. The van der Waals surface area contributed by atoms with Gasteiger partial charge in [-0.15, -0.1) is 0 Å². The Morgan fingerprint density at radius 1 is 1.05 bits per heavy atom. The van der Waals surface area contributed by atoms with E-state index in [0.717, 1.165) is 17.2 Å². The lowest BCUT2D eigenvalue weighted by Crippen LogP contribution is -2.31. The zero-order valence-corrected chi connectivity index (χ0v) is 23.2. The summed E-state index contributed by atoms with van der Waals surface area (Å²) < 4.78 is 53.9. The van der Waals surface area contributed by atoms with Crippen LogP contribution in [0.5, 0.6) is 11.5 Å². The van der Waals surface area contributed by atoms with Gasteiger partial charge >= 0.3 is 6.18 Å². The van der Waals surface area contributed by atoms with E-state index in [2.05, 4.69) is 21.2 Å². The molecule has 1 heterocycles. The molecule has 3 nitrogen and oxygen atoms in total. The number of halogens is 7. The highest BCUT2D eigenvalue weighted by molar-refractivity contribution is 9.10. The van der Waals surface area contributed by atoms with Crippen molar-refractivity contribution in [3.63, 3.8) is 0 Å². The maximum Gasteiger partial charge on any atom is 0.416 e. The standard InChI is InChI=1S/C27H20BrCl3F3NO2/c1-36-22-10-14(9-19(28)26(22)37-12-13-5-6-15(29)11-21(13)31)24-17-4-2-3-16(17)23-18(27(32,33)34)7-8-20(30)25(23)35-24/h2-3,5-11,16-17,24,35H,4,12H2,1H3/t16?,17?,24-/m1/s1. The Labute approximate surface area is 235 Å². The first kappa shape index (κ1) is 26.5. The minimum atomic E-state index is -4.48. The average molecular weight is 634 g/mol. The van der Waals surface area contributed by atoms with E-state index in [0.29, 0.717) is 38.1 Å². The maximum absolute atomic E-state index is 13.9. The van der Waals surface area contributed by atoms with Crippen molar-refractivity contribution in [2.45, 2.75) is 31.2 Å². The van der Waals surface area contributed by atoms with Crippen LogP contribution in [-0.2, 0) is 12.8 Å². The second kappa shape index (κ2) is 10.3. The molecule has 1 N–H and O–H groups in total. The molecule has 3 aromatic carbocycles. The summed E-state index contributed by atoms with van der Waals surface area (Å²) in [5, 5.41) is 4.58. The van der Waals surface area contributed by atoms with Gasteiger partial charge in [0.2, 0.25) is 0 Å². The number of allylic oxidation sites excluding steroid dienone is 2. The number of alkyl halides is 3. The predicted octanol–water partition coefficient (Wildman–Crippen LogP) is 9.84. The third-order valence-corrected chi connectivity index (χ3v) is 8.26. The molecule has 0 spiro atoms. The molecule has 0 radical (unpaired) electrons. The van der Waals surface area contributed by atoms with E-state index in [1.54, 1.807) is 18.2 Å². The summed E-state index contributed by atoms with van der Waals surface area (Å²) in [6, 6.07) is 10.9. The number of methoxy groups -OCH3 is 1. The number of hydrogen-bond acceptors (Lipinski definition) is 3. The number of rotatable bonds is 5. The van der Waals surface area contributed by atoms with Crippen molar-refractivity contribution in [2.24, 2.45) is 5.92 Å². The molecule has 37 heavy (non-hydrogen) atoms. The lowest BCUT2D eigenvalue weighted by molar-refractivity contribution is -0.138. The highest BCUT2D eigenvalue weighted by Gasteiger charge is 2.45. The second-order valence-electron chi connectivity index (χ2n) is 8.92. The first-order valence-corrected chi connectivity index (χ1v) is 13.3. The van der Waals surface area contributed by atoms with Crippen LogP contribution in [0.1, 0.15) is 40.6 Å². The van der Waals surface area contributed by atoms with Gasteiger partial charge in [-0.3, -0.25) is 0 Å². The molecule has 0 bridgehead atoms. The Kier molecular flexibility index (Phi) is 7.35. The molecule has 0 saturated heterocycles. The van der Waals surface area contributed by atoms with Crippen LogP contribution in [0.3, 0.4) is 0 Å². The molecule has 0 fully saturated rings. The number of hydrogen-bond donors (Lipinski definition) is 1. The van der Waals surface area contributed by atoms with Crippen molar-refractivity contribution in [3.8, 4) is 11.5 Å². The van der Waals surface area contributed by atoms with Gasteiger partial charge in [0.05, 0.1) is 33.9 Å². The molecule has 2 unspecified atom stereocenters. The van der Waals surface area contributed by atoms with Gasteiger partial charge in [-0.2, -0.15) is 13.2 Å². The summed E-state index contributed by atoms with van der Waals surface area (Å²) in [5.74, 6) is 0.388. The van der Waals surface area contributed by atoms with E-state index in [-0.39, 0.29) is 29.2 Å². The van der Waals surface area contributed by atoms with Gasteiger partial charge in [-0.05, 0) is 75.8 Å². The summed E-state index contributed by atoms with van der Waals surface area (Å²) in [7, 11) is 1.53. The van der Waals surface area contributed by atoms with Crippen molar-refractivity contribution in [2.75, 3.05) is 12.4 Å². The third kappa shape index (κ3) is 5.03. The van der Waals surface area contributed by atoms with E-state index in [1.165, 1.54) is 13.2 Å². The van der Waals surface area contributed by atoms with Crippen LogP contribution < -0.4 is 14.8 Å². The minimum absolute atomic E-state index is 0.136. The van der Waals surface area contributed by atoms with Crippen LogP contribution in [0.15, 0.2) is 59.1 Å². The average Bonchev–Trinajstić information content (AvgIpc) is 3.33. The van der Waals surface area contributed by atoms with E-state index < -0.39 is 17.7 Å². The second-order valence-corrected chi connectivity index (χ2v) is 11.0. The van der Waals surface area contributed by atoms with Gasteiger partial charge in [0.25, 0.3) is 0 Å². The molecule has 0 amide bonds. The normalized spacial score (nSPS) is 20.3. The summed E-state index contributed by atoms with van der Waals surface area (Å²) in [4.78, 5) is 0. The third-order valence-electron chi connectivity index (χ3n) is 6.77. The number of benzene rings is 3. The van der Waals surface area contributed by atoms with Crippen LogP contribution in [0.25, 0.3) is 0 Å². The van der Waals surface area contributed by atoms with Crippen LogP contribution in [0.2, 0.25) is 15.1 Å². The number of anilines is 1. The fourth-order valence-corrected chi connectivity index (χ4v) is 6.36. The Bertz CT molecular complexity index is 1400. The summed E-state index contributed by atoms with van der Waals surface area (Å²) in [5.41, 5.74) is 1.42. The molecule has 0 aromatic heterocycles. The molecule has 3 atom stereocenters. The largest absolute Gasteiger partial charge is 0.493 e. The first-order chi connectivity index (χ1) is 17.6. The van der Waals surface area contributed by atoms with E-state index in [1.807, 2.05) is 24.3 Å². The first-order valence-electron chi connectivity index (χ1n) is 11.4. The highest BCUT2D eigenvalue weighted by atomic mass is 79.9. The zero-order valence-electron chi connectivity index (χ0n) is 19.3. The fraction of sp³-hybridized carbons (Fsp3) is 0.259. The van der Waals surface area contributed by atoms with Crippen molar-refractivity contribution in [1.29, 1.82) is 0 Å². The van der Waals surface area contributed by atoms with Crippen LogP contribution in [-0.4, -0.2) is 7.11 Å². The van der Waals surface area contributed by atoms with E-state index in [9.17, 15) is 13.2 Å². The Morgan fingerprint density at radius 3 is 2.54 bits per heavy atom. The Morgan fingerprint density at radius 2 is 1.84 bits per heavy atom. The predicted molar refractivity (Wildman–Crippen MR) is 144 cm³/mol. The molecule has 1 aliphatic heterocycles. The van der Waals surface area contributed by atoms with Gasteiger partial charge in [0.1, 0.15) is 6.61 Å². The Balaban J connectivity index is 1.50. The lowest BCUT2D eigenvalue weighted by Gasteiger charge is -2.39. The van der Waals surface area contributed by atoms with Gasteiger partial charge in [-0.25, -0.2) is 0 Å². The fourth-order valence-electron chi connectivity index (χ4n) is 5.10. The van der Waals surface area contributed by atoms with Crippen molar-refractivity contribution in [3.05, 3.63) is 96.4 Å². The minimum Gasteiger partial charge on any atom is -0.493 e. The van der Waals surface area contributed by atoms with Gasteiger partial charge in [0, 0.05) is 21.5 Å². The summed E-state index contributed by atoms with van der Waals surface area (Å²) in [6.07, 6.45) is -0.0798. The van der Waals surface area contributed by atoms with Crippen LogP contribution in [0.4, 0.5) is 18.9 Å². The molecule has 2 aliphatic rings. The summed E-state index contributed by atoms with van der Waals surface area (Å²) >= 11 is 22.3. The quantitative estimate of drug-likeness (QED) is 0.284. The monoisotopic (exact) mass is 631 g/mol. The number of nitrogens with one attached hydrogen (secondary N) is 1. The Hall–Kier alpha value is -2.06. The topological polar surface area (TPSA) is 30.5 Å². The van der Waals surface area contributed by atoms with E-state index in [4.69, 9.17) is 44.3 Å². The molecular weight excluding hydrogens is 614 g/mol. The molecule has 194 valence electrons. The molecule has 3 aromatic rings. The van der Waals surface area contributed by atoms with Crippen LogP contribution in [0, 0.1) is 5.92 Å². The number of fused-ring (bicyclic) bond motifs is 3. The molecular formula is C27H20BrCl3F3NO2. The van der Waals surface area contributed by atoms with Gasteiger partial charge in [0.15, 0.2) is 11.5 Å². The molecule has 10 heteroatoms.